The van der Waals surface area contributed by atoms with Gasteiger partial charge in [0, 0.05) is 42.8 Å². The second kappa shape index (κ2) is 7.67. The van der Waals surface area contributed by atoms with Crippen LogP contribution in [0.5, 0.6) is 0 Å². The third-order valence-electron chi connectivity index (χ3n) is 5.65. The van der Waals surface area contributed by atoms with E-state index in [1.807, 2.05) is 61.8 Å². The van der Waals surface area contributed by atoms with Gasteiger partial charge in [-0.2, -0.15) is 5.26 Å². The molecular weight excluding hydrogens is 400 g/mol. The number of imidazole rings is 1. The Balaban J connectivity index is 1.60. The zero-order valence-corrected chi connectivity index (χ0v) is 17.6. The number of aromatic nitrogens is 5. The molecule has 0 amide bonds. The molecule has 0 bridgehead atoms. The maximum Gasteiger partial charge on any atom is 0.333 e. The zero-order chi connectivity index (χ0) is 22.2. The summed E-state index contributed by atoms with van der Waals surface area (Å²) in [7, 11) is 1.72. The molecule has 0 radical (unpaired) electrons. The fourth-order valence-corrected chi connectivity index (χ4v) is 3.82. The lowest BCUT2D eigenvalue weighted by molar-refractivity contribution is 0.824. The minimum Gasteiger partial charge on any atom is -0.346 e. The Morgan fingerprint density at radius 1 is 1.06 bits per heavy atom. The van der Waals surface area contributed by atoms with E-state index in [2.05, 4.69) is 27.1 Å². The minimum absolute atomic E-state index is 0.163. The van der Waals surface area contributed by atoms with E-state index >= 15 is 0 Å². The van der Waals surface area contributed by atoms with Crippen LogP contribution in [0.15, 0.2) is 78.1 Å². The van der Waals surface area contributed by atoms with Crippen molar-refractivity contribution in [2.75, 3.05) is 0 Å². The number of rotatable bonds is 4. The van der Waals surface area contributed by atoms with Crippen molar-refractivity contribution in [3.63, 3.8) is 0 Å². The predicted molar refractivity (Wildman–Crippen MR) is 123 cm³/mol. The van der Waals surface area contributed by atoms with E-state index in [4.69, 9.17) is 5.26 Å². The highest BCUT2D eigenvalue weighted by Crippen LogP contribution is 2.27. The number of pyridine rings is 2. The molecule has 7 heteroatoms. The van der Waals surface area contributed by atoms with E-state index in [-0.39, 0.29) is 11.6 Å². The molecule has 4 aromatic heterocycles. The quantitative estimate of drug-likeness (QED) is 0.466. The Morgan fingerprint density at radius 3 is 2.66 bits per heavy atom. The fourth-order valence-electron chi connectivity index (χ4n) is 3.82. The van der Waals surface area contributed by atoms with E-state index < -0.39 is 0 Å². The van der Waals surface area contributed by atoms with Crippen molar-refractivity contribution in [2.45, 2.75) is 12.8 Å². The molecule has 0 fully saturated rings. The number of fused-ring (bicyclic) bond motifs is 1. The Labute approximate surface area is 184 Å². The van der Waals surface area contributed by atoms with Gasteiger partial charge < -0.3 is 9.55 Å². The van der Waals surface area contributed by atoms with E-state index in [0.29, 0.717) is 11.4 Å². The molecule has 32 heavy (non-hydrogen) atoms. The van der Waals surface area contributed by atoms with Crippen molar-refractivity contribution in [3.8, 4) is 34.3 Å². The van der Waals surface area contributed by atoms with Crippen molar-refractivity contribution in [3.05, 3.63) is 89.4 Å². The topological polar surface area (TPSA) is 92.3 Å². The van der Waals surface area contributed by atoms with Crippen molar-refractivity contribution in [1.29, 1.82) is 5.26 Å². The number of nitriles is 1. The molecule has 0 aliphatic heterocycles. The molecule has 0 aliphatic carbocycles. The molecule has 7 nitrogen and oxygen atoms in total. The smallest absolute Gasteiger partial charge is 0.333 e. The van der Waals surface area contributed by atoms with Gasteiger partial charge in [0.15, 0.2) is 0 Å². The summed E-state index contributed by atoms with van der Waals surface area (Å²) in [6, 6.07) is 17.7. The number of hydrogen-bond acceptors (Lipinski definition) is 4. The van der Waals surface area contributed by atoms with E-state index in [1.165, 1.54) is 0 Å². The molecule has 5 rings (SSSR count). The first-order chi connectivity index (χ1) is 15.5. The summed E-state index contributed by atoms with van der Waals surface area (Å²) in [5.74, 6) is -0.208. The van der Waals surface area contributed by atoms with Crippen molar-refractivity contribution >= 4 is 11.0 Å². The average Bonchev–Trinajstić information content (AvgIpc) is 3.42. The predicted octanol–water partition coefficient (Wildman–Crippen LogP) is 4.41. The minimum atomic E-state index is -0.208. The van der Waals surface area contributed by atoms with Crippen LogP contribution in [0.1, 0.15) is 18.4 Å². The Kier molecular flexibility index (Phi) is 4.68. The van der Waals surface area contributed by atoms with Gasteiger partial charge in [-0.25, -0.2) is 9.78 Å². The van der Waals surface area contributed by atoms with Gasteiger partial charge in [-0.15, -0.1) is 0 Å². The van der Waals surface area contributed by atoms with Crippen molar-refractivity contribution in [1.82, 2.24) is 24.1 Å². The summed E-state index contributed by atoms with van der Waals surface area (Å²) in [5, 5.41) is 10.2. The SMILES string of the molecule is CC(C#N)c1ccc(-n2c(-c3cc(-c4cnc5[nH]ccc5c4)ccn3)cn(C)c2=O)cc1. The monoisotopic (exact) mass is 420 g/mol. The van der Waals surface area contributed by atoms with Crippen LogP contribution in [0.2, 0.25) is 0 Å². The number of aromatic amines is 1. The maximum atomic E-state index is 12.9. The molecule has 0 saturated heterocycles. The molecule has 0 aliphatic rings. The number of nitrogens with zero attached hydrogens (tertiary/aromatic N) is 5. The van der Waals surface area contributed by atoms with Crippen LogP contribution in [-0.4, -0.2) is 24.1 Å². The van der Waals surface area contributed by atoms with Gasteiger partial charge in [-0.05, 0) is 54.4 Å². The second-order valence-electron chi connectivity index (χ2n) is 7.75. The summed E-state index contributed by atoms with van der Waals surface area (Å²) in [6.45, 7) is 1.85. The number of hydrogen-bond donors (Lipinski definition) is 1. The van der Waals surface area contributed by atoms with Crippen LogP contribution in [0.4, 0.5) is 0 Å². The Hall–Kier alpha value is -4.44. The van der Waals surface area contributed by atoms with Crippen molar-refractivity contribution in [2.24, 2.45) is 7.05 Å². The van der Waals surface area contributed by atoms with Gasteiger partial charge in [0.25, 0.3) is 0 Å². The molecule has 0 saturated carbocycles. The third kappa shape index (κ3) is 3.28. The standard InChI is InChI=1S/C25H20N6O/c1-16(13-26)17-3-5-21(6-4-17)31-23(15-30(2)25(31)32)22-12-18(7-9-27-22)20-11-19-8-10-28-24(19)29-14-20/h3-12,14-16H,1-2H3,(H,28,29). The first kappa shape index (κ1) is 19.5. The molecular formula is C25H20N6O. The van der Waals surface area contributed by atoms with Gasteiger partial charge in [0.05, 0.1) is 29.1 Å². The van der Waals surface area contributed by atoms with Crippen LogP contribution in [0, 0.1) is 11.3 Å². The number of benzene rings is 1. The van der Waals surface area contributed by atoms with Gasteiger partial charge in [-0.3, -0.25) is 9.55 Å². The Morgan fingerprint density at radius 2 is 1.88 bits per heavy atom. The molecule has 156 valence electrons. The highest BCUT2D eigenvalue weighted by atomic mass is 16.1. The highest BCUT2D eigenvalue weighted by molar-refractivity contribution is 5.82. The first-order valence-corrected chi connectivity index (χ1v) is 10.2. The Bertz CT molecular complexity index is 1530. The molecule has 0 spiro atoms. The van der Waals surface area contributed by atoms with Crippen LogP contribution in [0.3, 0.4) is 0 Å². The van der Waals surface area contributed by atoms with Gasteiger partial charge in [0.2, 0.25) is 0 Å². The van der Waals surface area contributed by atoms with E-state index in [1.54, 1.807) is 28.6 Å². The normalized spacial score (nSPS) is 12.0. The van der Waals surface area contributed by atoms with Crippen LogP contribution in [-0.2, 0) is 7.05 Å². The lowest BCUT2D eigenvalue weighted by Crippen LogP contribution is -2.21. The van der Waals surface area contributed by atoms with Gasteiger partial charge in [0.1, 0.15) is 5.65 Å². The summed E-state index contributed by atoms with van der Waals surface area (Å²) in [5.41, 5.74) is 5.63. The number of aryl methyl sites for hydroxylation is 1. The fraction of sp³-hybridized carbons (Fsp3) is 0.120. The van der Waals surface area contributed by atoms with Crippen LogP contribution < -0.4 is 5.69 Å². The molecule has 4 heterocycles. The lowest BCUT2D eigenvalue weighted by Gasteiger charge is -2.10. The lowest BCUT2D eigenvalue weighted by atomic mass is 10.0. The van der Waals surface area contributed by atoms with E-state index in [0.717, 1.165) is 33.4 Å². The van der Waals surface area contributed by atoms with Crippen LogP contribution >= 0.6 is 0 Å². The summed E-state index contributed by atoms with van der Waals surface area (Å²) < 4.78 is 3.18. The molecule has 1 aromatic carbocycles. The van der Waals surface area contributed by atoms with Gasteiger partial charge >= 0.3 is 5.69 Å². The third-order valence-corrected chi connectivity index (χ3v) is 5.65. The number of nitrogens with one attached hydrogen (secondary N) is 1. The molecule has 1 unspecified atom stereocenters. The maximum absolute atomic E-state index is 12.9. The van der Waals surface area contributed by atoms with Crippen molar-refractivity contribution < 1.29 is 0 Å². The van der Waals surface area contributed by atoms with E-state index in [9.17, 15) is 4.79 Å². The molecule has 1 atom stereocenters. The second-order valence-corrected chi connectivity index (χ2v) is 7.75. The number of H-pyrrole nitrogens is 1. The average molecular weight is 420 g/mol. The summed E-state index contributed by atoms with van der Waals surface area (Å²) >= 11 is 0. The zero-order valence-electron chi connectivity index (χ0n) is 17.6. The van der Waals surface area contributed by atoms with Crippen LogP contribution in [0.25, 0.3) is 39.2 Å². The largest absolute Gasteiger partial charge is 0.346 e. The van der Waals surface area contributed by atoms with Gasteiger partial charge in [-0.1, -0.05) is 12.1 Å². The first-order valence-electron chi connectivity index (χ1n) is 10.2. The highest BCUT2D eigenvalue weighted by Gasteiger charge is 2.16. The summed E-state index contributed by atoms with van der Waals surface area (Å²) in [6.07, 6.45) is 7.22. The summed E-state index contributed by atoms with van der Waals surface area (Å²) in [4.78, 5) is 25.1. The molecule has 1 N–H and O–H groups in total. The molecule has 5 aromatic rings.